The second-order valence-corrected chi connectivity index (χ2v) is 7.84. The molecule has 3 rings (SSSR count). The first kappa shape index (κ1) is 19.7. The molecule has 2 aromatic carbocycles. The van der Waals surface area contributed by atoms with Gasteiger partial charge in [-0.15, -0.1) is 0 Å². The number of rotatable bonds is 6. The molecule has 1 aromatic heterocycles. The fourth-order valence-corrected chi connectivity index (χ4v) is 4.09. The highest BCUT2D eigenvalue weighted by atomic mass is 32.2. The lowest BCUT2D eigenvalue weighted by atomic mass is 10.2. The summed E-state index contributed by atoms with van der Waals surface area (Å²) in [5.74, 6) is -3.64. The van der Waals surface area contributed by atoms with Gasteiger partial charge in [0.15, 0.2) is 0 Å². The minimum atomic E-state index is -4.24. The number of imidazole rings is 1. The van der Waals surface area contributed by atoms with Crippen LogP contribution in [0.15, 0.2) is 47.3 Å². The van der Waals surface area contributed by atoms with Crippen molar-refractivity contribution in [3.05, 3.63) is 70.1 Å². The Hall–Kier alpha value is -3.01. The molecular formula is C18H17F2N3O4S. The summed E-state index contributed by atoms with van der Waals surface area (Å²) < 4.78 is 55.4. The number of halogens is 2. The summed E-state index contributed by atoms with van der Waals surface area (Å²) in [6, 6.07) is 9.31. The molecule has 7 nitrogen and oxygen atoms in total. The zero-order valence-corrected chi connectivity index (χ0v) is 15.7. The van der Waals surface area contributed by atoms with Crippen molar-refractivity contribution in [2.24, 2.45) is 0 Å². The molecule has 0 aliphatic rings. The predicted octanol–water partition coefficient (Wildman–Crippen LogP) is 1.75. The second kappa shape index (κ2) is 7.55. The average molecular weight is 409 g/mol. The van der Waals surface area contributed by atoms with Crippen molar-refractivity contribution < 1.29 is 22.0 Å². The molecule has 1 heterocycles. The maximum atomic E-state index is 13.7. The summed E-state index contributed by atoms with van der Waals surface area (Å²) in [6.45, 7) is 1.65. The number of aryl methyl sites for hydroxylation is 1. The lowest BCUT2D eigenvalue weighted by Gasteiger charge is -2.08. The number of nitrogens with one attached hydrogen (secondary N) is 1. The van der Waals surface area contributed by atoms with Gasteiger partial charge in [0.2, 0.25) is 10.0 Å². The Labute approximate surface area is 159 Å². The number of sulfonamides is 1. The number of nitrogens with zero attached hydrogens (tertiary/aromatic N) is 2. The molecule has 0 aliphatic carbocycles. The lowest BCUT2D eigenvalue weighted by molar-refractivity contribution is -0.119. The number of hydrogen-bond acceptors (Lipinski definition) is 4. The number of hydrogen-bond donors (Lipinski definition) is 1. The summed E-state index contributed by atoms with van der Waals surface area (Å²) in [5.41, 5.74) is 0.396. The van der Waals surface area contributed by atoms with E-state index in [4.69, 9.17) is 0 Å². The Balaban J connectivity index is 1.81. The van der Waals surface area contributed by atoms with Crippen molar-refractivity contribution in [2.45, 2.75) is 25.8 Å². The van der Waals surface area contributed by atoms with E-state index < -0.39 is 45.6 Å². The van der Waals surface area contributed by atoms with Gasteiger partial charge in [-0.3, -0.25) is 18.7 Å². The van der Waals surface area contributed by atoms with Crippen LogP contribution in [0.1, 0.15) is 12.5 Å². The van der Waals surface area contributed by atoms with Crippen LogP contribution in [0, 0.1) is 11.6 Å². The van der Waals surface area contributed by atoms with Gasteiger partial charge in [0.05, 0.1) is 16.8 Å². The molecule has 0 saturated carbocycles. The maximum absolute atomic E-state index is 13.7. The number of benzene rings is 2. The van der Waals surface area contributed by atoms with Crippen LogP contribution in [0.3, 0.4) is 0 Å². The largest absolute Gasteiger partial charge is 0.329 e. The molecule has 10 heteroatoms. The van der Waals surface area contributed by atoms with Crippen molar-refractivity contribution >= 4 is 27.0 Å². The number of fused-ring (bicyclic) bond motifs is 1. The molecule has 0 unspecified atom stereocenters. The Bertz CT molecular complexity index is 1220. The third-order valence-corrected chi connectivity index (χ3v) is 5.40. The number of carbonyl (C=O) groups is 1. The normalized spacial score (nSPS) is 11.7. The maximum Gasteiger partial charge on any atom is 0.329 e. The smallest absolute Gasteiger partial charge is 0.292 e. The van der Waals surface area contributed by atoms with Gasteiger partial charge in [0.25, 0.3) is 5.91 Å². The first-order valence-electron chi connectivity index (χ1n) is 8.37. The van der Waals surface area contributed by atoms with Crippen molar-refractivity contribution in [1.82, 2.24) is 13.9 Å². The zero-order chi connectivity index (χ0) is 20.5. The zero-order valence-electron chi connectivity index (χ0n) is 14.9. The van der Waals surface area contributed by atoms with Gasteiger partial charge in [-0.1, -0.05) is 18.2 Å². The minimum absolute atomic E-state index is 0.276. The summed E-state index contributed by atoms with van der Waals surface area (Å²) in [6.07, 6.45) is 0. The van der Waals surface area contributed by atoms with E-state index in [-0.39, 0.29) is 5.56 Å². The molecule has 0 radical (unpaired) electrons. The van der Waals surface area contributed by atoms with Gasteiger partial charge >= 0.3 is 5.69 Å². The molecule has 28 heavy (non-hydrogen) atoms. The quantitative estimate of drug-likeness (QED) is 0.672. The molecule has 1 amide bonds. The van der Waals surface area contributed by atoms with Crippen molar-refractivity contribution in [3.63, 3.8) is 0 Å². The molecule has 0 atom stereocenters. The average Bonchev–Trinajstić information content (AvgIpc) is 2.88. The van der Waals surface area contributed by atoms with Crippen molar-refractivity contribution in [2.75, 3.05) is 0 Å². The first-order chi connectivity index (χ1) is 13.2. The van der Waals surface area contributed by atoms with Gasteiger partial charge in [0, 0.05) is 18.2 Å². The van der Waals surface area contributed by atoms with E-state index >= 15 is 0 Å². The number of aromatic nitrogens is 2. The third-order valence-electron chi connectivity index (χ3n) is 4.17. The van der Waals surface area contributed by atoms with Crippen LogP contribution in [0.25, 0.3) is 11.0 Å². The van der Waals surface area contributed by atoms with E-state index in [9.17, 15) is 26.8 Å². The Kier molecular flexibility index (Phi) is 5.32. The fraction of sp³-hybridized carbons (Fsp3) is 0.222. The SMILES string of the molecule is CCn1c(=O)n(CC(=O)NS(=O)(=O)Cc2ccc(F)cc2F)c2ccccc21. The predicted molar refractivity (Wildman–Crippen MR) is 99.0 cm³/mol. The van der Waals surface area contributed by atoms with Crippen LogP contribution in [-0.2, 0) is 33.7 Å². The molecule has 0 spiro atoms. The number of amides is 1. The molecule has 0 fully saturated rings. The monoisotopic (exact) mass is 409 g/mol. The van der Waals surface area contributed by atoms with Gasteiger partial charge in [0.1, 0.15) is 18.2 Å². The highest BCUT2D eigenvalue weighted by molar-refractivity contribution is 7.89. The van der Waals surface area contributed by atoms with Crippen LogP contribution in [0.4, 0.5) is 8.78 Å². The summed E-state index contributed by atoms with van der Waals surface area (Å²) in [7, 11) is -4.24. The first-order valence-corrected chi connectivity index (χ1v) is 10.0. The van der Waals surface area contributed by atoms with Crippen molar-refractivity contribution in [3.8, 4) is 0 Å². The van der Waals surface area contributed by atoms with Crippen LogP contribution in [0.5, 0.6) is 0 Å². The van der Waals surface area contributed by atoms with E-state index in [1.807, 2.05) is 4.72 Å². The molecular weight excluding hydrogens is 392 g/mol. The molecule has 1 N–H and O–H groups in total. The summed E-state index contributed by atoms with van der Waals surface area (Å²) in [4.78, 5) is 24.7. The topological polar surface area (TPSA) is 90.2 Å². The van der Waals surface area contributed by atoms with E-state index in [1.54, 1.807) is 31.2 Å². The lowest BCUT2D eigenvalue weighted by Crippen LogP contribution is -2.37. The minimum Gasteiger partial charge on any atom is -0.292 e. The van der Waals surface area contributed by atoms with Crippen LogP contribution in [-0.4, -0.2) is 23.5 Å². The molecule has 0 aliphatic heterocycles. The Morgan fingerprint density at radius 3 is 2.32 bits per heavy atom. The van der Waals surface area contributed by atoms with Gasteiger partial charge in [-0.2, -0.15) is 0 Å². The molecule has 3 aromatic rings. The highest BCUT2D eigenvalue weighted by Crippen LogP contribution is 2.14. The third kappa shape index (κ3) is 3.96. The van der Waals surface area contributed by atoms with Crippen LogP contribution < -0.4 is 10.4 Å². The van der Waals surface area contributed by atoms with Gasteiger partial charge < -0.3 is 0 Å². The van der Waals surface area contributed by atoms with E-state index in [2.05, 4.69) is 0 Å². The standard InChI is InChI=1S/C18H17F2N3O4S/c1-2-22-15-5-3-4-6-16(15)23(18(22)25)10-17(24)21-28(26,27)11-12-7-8-13(19)9-14(12)20/h3-9H,2,10-11H2,1H3,(H,21,24). The highest BCUT2D eigenvalue weighted by Gasteiger charge is 2.20. The second-order valence-electron chi connectivity index (χ2n) is 6.12. The molecule has 148 valence electrons. The number of para-hydroxylation sites is 2. The van der Waals surface area contributed by atoms with E-state index in [0.717, 1.165) is 12.1 Å². The van der Waals surface area contributed by atoms with Gasteiger partial charge in [-0.25, -0.2) is 22.0 Å². The Morgan fingerprint density at radius 1 is 1.07 bits per heavy atom. The number of carbonyl (C=O) groups excluding carboxylic acids is 1. The summed E-state index contributed by atoms with van der Waals surface area (Å²) in [5, 5.41) is 0. The van der Waals surface area contributed by atoms with Crippen molar-refractivity contribution in [1.29, 1.82) is 0 Å². The van der Waals surface area contributed by atoms with E-state index in [1.165, 1.54) is 9.13 Å². The van der Waals surface area contributed by atoms with Crippen LogP contribution >= 0.6 is 0 Å². The molecule has 0 bridgehead atoms. The summed E-state index contributed by atoms with van der Waals surface area (Å²) >= 11 is 0. The van der Waals surface area contributed by atoms with Crippen LogP contribution in [0.2, 0.25) is 0 Å². The Morgan fingerprint density at radius 2 is 1.71 bits per heavy atom. The van der Waals surface area contributed by atoms with E-state index in [0.29, 0.717) is 23.6 Å². The van der Waals surface area contributed by atoms with Gasteiger partial charge in [-0.05, 0) is 25.1 Å². The molecule has 0 saturated heterocycles. The fourth-order valence-electron chi connectivity index (χ4n) is 2.96.